The van der Waals surface area contributed by atoms with Gasteiger partial charge in [-0.1, -0.05) is 47.5 Å². The quantitative estimate of drug-likeness (QED) is 0.403. The molecule has 0 unspecified atom stereocenters. The summed E-state index contributed by atoms with van der Waals surface area (Å²) in [6.45, 7) is 3.89. The standard InChI is InChI=1S/C21H17Cl2N3OS/c1-12(11-14-3-7-16(22)8-4-14)26-21(27)19-20(28-13(2)24-19)18(25-26)15-5-9-17(23)10-6-15/h3-10,12H,11H2,1-2H3/t12-/m1/s1. The van der Waals surface area contributed by atoms with Gasteiger partial charge in [0.25, 0.3) is 5.56 Å². The van der Waals surface area contributed by atoms with E-state index in [4.69, 9.17) is 28.3 Å². The van der Waals surface area contributed by atoms with Gasteiger partial charge in [0.2, 0.25) is 0 Å². The summed E-state index contributed by atoms with van der Waals surface area (Å²) in [5, 5.41) is 6.92. The first-order chi connectivity index (χ1) is 13.4. The van der Waals surface area contributed by atoms with Crippen LogP contribution < -0.4 is 5.56 Å². The maximum atomic E-state index is 13.1. The van der Waals surface area contributed by atoms with E-state index in [1.807, 2.05) is 62.4 Å². The van der Waals surface area contributed by atoms with E-state index in [9.17, 15) is 4.79 Å². The topological polar surface area (TPSA) is 47.8 Å². The normalized spacial score (nSPS) is 12.4. The van der Waals surface area contributed by atoms with Crippen molar-refractivity contribution in [3.8, 4) is 11.3 Å². The summed E-state index contributed by atoms with van der Waals surface area (Å²) in [5.74, 6) is 0. The van der Waals surface area contributed by atoms with E-state index in [1.165, 1.54) is 11.3 Å². The molecule has 0 saturated carbocycles. The first-order valence-corrected chi connectivity index (χ1v) is 10.4. The van der Waals surface area contributed by atoms with E-state index < -0.39 is 0 Å². The van der Waals surface area contributed by atoms with Crippen LogP contribution in [-0.4, -0.2) is 14.8 Å². The number of aryl methyl sites for hydroxylation is 1. The van der Waals surface area contributed by atoms with Crippen molar-refractivity contribution in [2.45, 2.75) is 26.3 Å². The molecular formula is C21H17Cl2N3OS. The Morgan fingerprint density at radius 2 is 1.64 bits per heavy atom. The van der Waals surface area contributed by atoms with Crippen LogP contribution in [0.25, 0.3) is 21.5 Å². The highest BCUT2D eigenvalue weighted by Gasteiger charge is 2.19. The van der Waals surface area contributed by atoms with Gasteiger partial charge in [-0.3, -0.25) is 4.79 Å². The van der Waals surface area contributed by atoms with Crippen molar-refractivity contribution in [1.29, 1.82) is 0 Å². The van der Waals surface area contributed by atoms with E-state index in [2.05, 4.69) is 4.98 Å². The van der Waals surface area contributed by atoms with Gasteiger partial charge in [-0.25, -0.2) is 9.67 Å². The molecule has 142 valence electrons. The van der Waals surface area contributed by atoms with E-state index in [0.29, 0.717) is 22.0 Å². The Morgan fingerprint density at radius 1 is 1.04 bits per heavy atom. The molecule has 2 aromatic carbocycles. The van der Waals surface area contributed by atoms with Gasteiger partial charge in [-0.2, -0.15) is 5.10 Å². The number of fused-ring (bicyclic) bond motifs is 1. The number of aromatic nitrogens is 3. The molecule has 0 aliphatic rings. The minimum Gasteiger partial charge on any atom is -0.265 e. The van der Waals surface area contributed by atoms with Crippen LogP contribution in [0.4, 0.5) is 0 Å². The average molecular weight is 430 g/mol. The summed E-state index contributed by atoms with van der Waals surface area (Å²) in [5.41, 5.74) is 3.04. The maximum absolute atomic E-state index is 13.1. The molecule has 0 amide bonds. The number of thiazole rings is 1. The molecule has 2 heterocycles. The summed E-state index contributed by atoms with van der Waals surface area (Å²) in [4.78, 5) is 17.5. The zero-order valence-electron chi connectivity index (χ0n) is 15.3. The molecular weight excluding hydrogens is 413 g/mol. The van der Waals surface area contributed by atoms with E-state index in [0.717, 1.165) is 26.5 Å². The lowest BCUT2D eigenvalue weighted by atomic mass is 10.1. The van der Waals surface area contributed by atoms with Gasteiger partial charge >= 0.3 is 0 Å². The maximum Gasteiger partial charge on any atom is 0.294 e. The lowest BCUT2D eigenvalue weighted by Gasteiger charge is -2.16. The van der Waals surface area contributed by atoms with Gasteiger partial charge in [0.05, 0.1) is 15.7 Å². The fourth-order valence-electron chi connectivity index (χ4n) is 3.18. The van der Waals surface area contributed by atoms with Crippen LogP contribution in [0.2, 0.25) is 10.0 Å². The predicted octanol–water partition coefficient (Wildman–Crippen LogP) is 5.94. The fraction of sp³-hybridized carbons (Fsp3) is 0.190. The van der Waals surface area contributed by atoms with Crippen molar-refractivity contribution in [2.24, 2.45) is 0 Å². The van der Waals surface area contributed by atoms with Gasteiger partial charge in [0.1, 0.15) is 5.69 Å². The molecule has 2 aromatic heterocycles. The monoisotopic (exact) mass is 429 g/mol. The second kappa shape index (κ2) is 7.66. The highest BCUT2D eigenvalue weighted by molar-refractivity contribution is 7.19. The van der Waals surface area contributed by atoms with Gasteiger partial charge in [-0.05, 0) is 50.1 Å². The van der Waals surface area contributed by atoms with Crippen molar-refractivity contribution in [3.63, 3.8) is 0 Å². The minimum absolute atomic E-state index is 0.133. The third-order valence-electron chi connectivity index (χ3n) is 4.55. The second-order valence-corrected chi connectivity index (χ2v) is 8.77. The zero-order valence-corrected chi connectivity index (χ0v) is 17.6. The van der Waals surface area contributed by atoms with Crippen LogP contribution in [0.1, 0.15) is 23.5 Å². The van der Waals surface area contributed by atoms with Crippen molar-refractivity contribution in [3.05, 3.63) is 79.5 Å². The molecule has 0 saturated heterocycles. The van der Waals surface area contributed by atoms with E-state index >= 15 is 0 Å². The molecule has 1 atom stereocenters. The van der Waals surface area contributed by atoms with Crippen molar-refractivity contribution in [1.82, 2.24) is 14.8 Å². The van der Waals surface area contributed by atoms with Crippen LogP contribution in [0.3, 0.4) is 0 Å². The predicted molar refractivity (Wildman–Crippen MR) is 117 cm³/mol. The molecule has 0 radical (unpaired) electrons. The molecule has 0 N–H and O–H groups in total. The molecule has 0 aliphatic carbocycles. The lowest BCUT2D eigenvalue weighted by molar-refractivity contribution is 0.469. The highest BCUT2D eigenvalue weighted by Crippen LogP contribution is 2.30. The molecule has 0 bridgehead atoms. The summed E-state index contributed by atoms with van der Waals surface area (Å²) < 4.78 is 2.35. The average Bonchev–Trinajstić information content (AvgIpc) is 3.07. The summed E-state index contributed by atoms with van der Waals surface area (Å²) >= 11 is 13.5. The van der Waals surface area contributed by atoms with Gasteiger partial charge < -0.3 is 0 Å². The number of hydrogen-bond acceptors (Lipinski definition) is 4. The molecule has 4 rings (SSSR count). The van der Waals surface area contributed by atoms with E-state index in [1.54, 1.807) is 4.68 Å². The molecule has 0 spiro atoms. The zero-order chi connectivity index (χ0) is 19.8. The summed E-state index contributed by atoms with van der Waals surface area (Å²) in [7, 11) is 0. The van der Waals surface area contributed by atoms with Crippen molar-refractivity contribution in [2.75, 3.05) is 0 Å². The Labute approximate surface area is 176 Å². The Bertz CT molecular complexity index is 1200. The highest BCUT2D eigenvalue weighted by atomic mass is 35.5. The van der Waals surface area contributed by atoms with Crippen LogP contribution in [0.15, 0.2) is 53.3 Å². The largest absolute Gasteiger partial charge is 0.294 e. The van der Waals surface area contributed by atoms with Crippen molar-refractivity contribution < 1.29 is 0 Å². The Balaban J connectivity index is 1.84. The molecule has 0 aliphatic heterocycles. The first kappa shape index (κ1) is 19.1. The fourth-order valence-corrected chi connectivity index (χ4v) is 4.35. The third kappa shape index (κ3) is 3.70. The van der Waals surface area contributed by atoms with E-state index in [-0.39, 0.29) is 11.6 Å². The SMILES string of the molecule is Cc1nc2c(=O)n([C@H](C)Cc3ccc(Cl)cc3)nc(-c3ccc(Cl)cc3)c2s1. The van der Waals surface area contributed by atoms with Crippen LogP contribution in [0, 0.1) is 6.92 Å². The Hall–Kier alpha value is -2.21. The molecule has 7 heteroatoms. The molecule has 4 nitrogen and oxygen atoms in total. The number of nitrogens with zero attached hydrogens (tertiary/aromatic N) is 3. The van der Waals surface area contributed by atoms with Crippen LogP contribution in [-0.2, 0) is 6.42 Å². The van der Waals surface area contributed by atoms with Gasteiger partial charge in [0.15, 0.2) is 5.52 Å². The number of hydrogen-bond donors (Lipinski definition) is 0. The molecule has 4 aromatic rings. The summed E-state index contributed by atoms with van der Waals surface area (Å²) in [6, 6.07) is 15.0. The smallest absolute Gasteiger partial charge is 0.265 e. The first-order valence-electron chi connectivity index (χ1n) is 8.82. The van der Waals surface area contributed by atoms with Gasteiger partial charge in [0, 0.05) is 15.6 Å². The molecule has 28 heavy (non-hydrogen) atoms. The van der Waals surface area contributed by atoms with Crippen molar-refractivity contribution >= 4 is 44.8 Å². The third-order valence-corrected chi connectivity index (χ3v) is 6.03. The summed E-state index contributed by atoms with van der Waals surface area (Å²) in [6.07, 6.45) is 0.665. The van der Waals surface area contributed by atoms with Crippen LogP contribution in [0.5, 0.6) is 0 Å². The molecule has 0 fully saturated rings. The number of rotatable bonds is 4. The number of halogens is 2. The minimum atomic E-state index is -0.168. The Kier molecular flexibility index (Phi) is 5.23. The van der Waals surface area contributed by atoms with Crippen LogP contribution >= 0.6 is 34.5 Å². The second-order valence-electron chi connectivity index (χ2n) is 6.70. The van der Waals surface area contributed by atoms with Gasteiger partial charge in [-0.15, -0.1) is 11.3 Å². The number of benzene rings is 2. The Morgan fingerprint density at radius 3 is 2.29 bits per heavy atom. The lowest BCUT2D eigenvalue weighted by Crippen LogP contribution is -2.28.